The first-order valence-corrected chi connectivity index (χ1v) is 5.91. The van der Waals surface area contributed by atoms with Gasteiger partial charge in [0.25, 0.3) is 5.56 Å². The average Bonchev–Trinajstić information content (AvgIpc) is 2.58. The van der Waals surface area contributed by atoms with Crippen LogP contribution in [0.25, 0.3) is 0 Å². The highest BCUT2D eigenvalue weighted by molar-refractivity contribution is 5.47. The third-order valence-electron chi connectivity index (χ3n) is 3.17. The van der Waals surface area contributed by atoms with Crippen molar-refractivity contribution in [1.82, 2.24) is 14.3 Å². The molecule has 96 valence electrons. The Kier molecular flexibility index (Phi) is 3.23. The molecule has 5 nitrogen and oxygen atoms in total. The van der Waals surface area contributed by atoms with Crippen molar-refractivity contribution in [3.8, 4) is 0 Å². The van der Waals surface area contributed by atoms with Crippen molar-refractivity contribution in [3.05, 3.63) is 45.5 Å². The second-order valence-electron chi connectivity index (χ2n) is 4.38. The summed E-state index contributed by atoms with van der Waals surface area (Å²) in [7, 11) is 3.75. The van der Waals surface area contributed by atoms with Crippen LogP contribution in [0.4, 0.5) is 5.82 Å². The molecule has 0 saturated heterocycles. The molecule has 0 amide bonds. The van der Waals surface area contributed by atoms with Crippen molar-refractivity contribution in [2.75, 3.05) is 12.4 Å². The van der Waals surface area contributed by atoms with Crippen molar-refractivity contribution < 1.29 is 0 Å². The maximum Gasteiger partial charge on any atom is 0.251 e. The molecule has 0 aliphatic carbocycles. The fourth-order valence-electron chi connectivity index (χ4n) is 2.19. The van der Waals surface area contributed by atoms with Gasteiger partial charge in [-0.15, -0.1) is 0 Å². The monoisotopic (exact) mass is 246 g/mol. The zero-order valence-electron chi connectivity index (χ0n) is 11.2. The van der Waals surface area contributed by atoms with E-state index >= 15 is 0 Å². The number of anilines is 1. The largest absolute Gasteiger partial charge is 0.373 e. The summed E-state index contributed by atoms with van der Waals surface area (Å²) in [4.78, 5) is 11.9. The zero-order chi connectivity index (χ0) is 13.3. The Morgan fingerprint density at radius 2 is 2.06 bits per heavy atom. The van der Waals surface area contributed by atoms with Crippen molar-refractivity contribution >= 4 is 5.82 Å². The van der Waals surface area contributed by atoms with Crippen LogP contribution in [0.2, 0.25) is 0 Å². The van der Waals surface area contributed by atoms with Gasteiger partial charge in [-0.2, -0.15) is 5.10 Å². The minimum absolute atomic E-state index is 0.0142. The van der Waals surface area contributed by atoms with Crippen molar-refractivity contribution in [2.24, 2.45) is 7.05 Å². The quantitative estimate of drug-likeness (QED) is 0.888. The lowest BCUT2D eigenvalue weighted by atomic mass is 10.2. The zero-order valence-corrected chi connectivity index (χ0v) is 11.2. The predicted octanol–water partition coefficient (Wildman–Crippen LogP) is 1.29. The Labute approximate surface area is 106 Å². The van der Waals surface area contributed by atoms with E-state index in [1.165, 1.54) is 0 Å². The van der Waals surface area contributed by atoms with E-state index in [2.05, 4.69) is 10.4 Å². The molecule has 1 N–H and O–H groups in total. The van der Waals surface area contributed by atoms with E-state index in [4.69, 9.17) is 0 Å². The lowest BCUT2D eigenvalue weighted by Gasteiger charge is -2.11. The van der Waals surface area contributed by atoms with Gasteiger partial charge in [-0.1, -0.05) is 6.07 Å². The first-order valence-electron chi connectivity index (χ1n) is 5.91. The molecule has 0 saturated carbocycles. The second-order valence-corrected chi connectivity index (χ2v) is 4.38. The van der Waals surface area contributed by atoms with Crippen LogP contribution in [0.3, 0.4) is 0 Å². The lowest BCUT2D eigenvalue weighted by molar-refractivity contribution is 0.727. The fraction of sp³-hybridized carbons (Fsp3) is 0.385. The Bertz CT molecular complexity index is 624. The number of pyridine rings is 1. The number of hydrogen-bond donors (Lipinski definition) is 1. The topological polar surface area (TPSA) is 51.9 Å². The third-order valence-corrected chi connectivity index (χ3v) is 3.17. The van der Waals surface area contributed by atoms with Crippen molar-refractivity contribution in [1.29, 1.82) is 0 Å². The molecule has 0 aliphatic rings. The average molecular weight is 246 g/mol. The molecule has 0 atom stereocenters. The molecule has 0 fully saturated rings. The summed E-state index contributed by atoms with van der Waals surface area (Å²) in [6.45, 7) is 4.44. The Morgan fingerprint density at radius 1 is 1.33 bits per heavy atom. The number of nitrogens with one attached hydrogen (secondary N) is 1. The summed E-state index contributed by atoms with van der Waals surface area (Å²) < 4.78 is 3.55. The Morgan fingerprint density at radius 3 is 2.67 bits per heavy atom. The van der Waals surface area contributed by atoms with Gasteiger partial charge in [-0.05, 0) is 19.9 Å². The lowest BCUT2D eigenvalue weighted by Crippen LogP contribution is -2.22. The van der Waals surface area contributed by atoms with E-state index < -0.39 is 0 Å². The molecule has 2 rings (SSSR count). The normalized spacial score (nSPS) is 10.7. The van der Waals surface area contributed by atoms with Gasteiger partial charge in [0.05, 0.1) is 12.2 Å². The van der Waals surface area contributed by atoms with Crippen molar-refractivity contribution in [3.63, 3.8) is 0 Å². The number of rotatable bonds is 3. The first kappa shape index (κ1) is 12.4. The number of aromatic nitrogens is 3. The van der Waals surface area contributed by atoms with Crippen molar-refractivity contribution in [2.45, 2.75) is 20.4 Å². The van der Waals surface area contributed by atoms with E-state index in [9.17, 15) is 4.79 Å². The minimum atomic E-state index is 0.0142. The highest BCUT2D eigenvalue weighted by Crippen LogP contribution is 2.19. The predicted molar refractivity (Wildman–Crippen MR) is 72.0 cm³/mol. The van der Waals surface area contributed by atoms with Crippen LogP contribution >= 0.6 is 0 Å². The maximum atomic E-state index is 11.9. The van der Waals surface area contributed by atoms with Crippen LogP contribution in [0, 0.1) is 13.8 Å². The maximum absolute atomic E-state index is 11.9. The number of nitrogens with zero attached hydrogens (tertiary/aromatic N) is 3. The summed E-state index contributed by atoms with van der Waals surface area (Å²) in [5, 5.41) is 7.51. The summed E-state index contributed by atoms with van der Waals surface area (Å²) >= 11 is 0. The number of hydrogen-bond acceptors (Lipinski definition) is 3. The molecule has 0 aromatic carbocycles. The third kappa shape index (κ3) is 2.03. The highest BCUT2D eigenvalue weighted by Gasteiger charge is 2.13. The fourth-order valence-corrected chi connectivity index (χ4v) is 2.19. The van der Waals surface area contributed by atoms with Gasteiger partial charge < -0.3 is 9.88 Å². The summed E-state index contributed by atoms with van der Waals surface area (Å²) in [6, 6.07) is 5.30. The van der Waals surface area contributed by atoms with Gasteiger partial charge in [0.1, 0.15) is 5.82 Å². The van der Waals surface area contributed by atoms with Crippen LogP contribution in [-0.4, -0.2) is 21.4 Å². The molecule has 0 unspecified atom stereocenters. The second kappa shape index (κ2) is 4.68. The molecule has 2 heterocycles. The molecular formula is C13H18N4O. The van der Waals surface area contributed by atoms with Crippen LogP contribution in [0.5, 0.6) is 0 Å². The van der Waals surface area contributed by atoms with Gasteiger partial charge >= 0.3 is 0 Å². The summed E-state index contributed by atoms with van der Waals surface area (Å²) in [5.74, 6) is 0.947. The first-order chi connectivity index (χ1) is 8.54. The van der Waals surface area contributed by atoms with Crippen LogP contribution in [-0.2, 0) is 13.6 Å². The molecule has 18 heavy (non-hydrogen) atoms. The molecule has 2 aromatic rings. The van der Waals surface area contributed by atoms with E-state index in [1.54, 1.807) is 21.4 Å². The molecule has 0 spiro atoms. The van der Waals surface area contributed by atoms with Gasteiger partial charge in [-0.3, -0.25) is 9.48 Å². The Hall–Kier alpha value is -2.04. The molecule has 2 aromatic heterocycles. The molecule has 0 aliphatic heterocycles. The van der Waals surface area contributed by atoms with E-state index in [1.807, 2.05) is 34.0 Å². The van der Waals surface area contributed by atoms with Crippen LogP contribution in [0.1, 0.15) is 17.0 Å². The highest BCUT2D eigenvalue weighted by atomic mass is 16.1. The van der Waals surface area contributed by atoms with Gasteiger partial charge in [0.2, 0.25) is 0 Å². The van der Waals surface area contributed by atoms with Gasteiger partial charge in [0, 0.05) is 31.4 Å². The van der Waals surface area contributed by atoms with Gasteiger partial charge in [0.15, 0.2) is 0 Å². The summed E-state index contributed by atoms with van der Waals surface area (Å²) in [6.07, 6.45) is 0. The van der Waals surface area contributed by atoms with Crippen LogP contribution in [0.15, 0.2) is 23.0 Å². The molecule has 0 radical (unpaired) electrons. The Balaban J connectivity index is 2.50. The molecular weight excluding hydrogens is 228 g/mol. The SMILES string of the molecule is CNc1c(Cn2c(C)cccc2=O)c(C)nn1C. The van der Waals surface area contributed by atoms with E-state index in [-0.39, 0.29) is 5.56 Å². The minimum Gasteiger partial charge on any atom is -0.373 e. The summed E-state index contributed by atoms with van der Waals surface area (Å²) in [5.41, 5.74) is 2.96. The van der Waals surface area contributed by atoms with Crippen LogP contribution < -0.4 is 10.9 Å². The molecule has 0 bridgehead atoms. The standard InChI is InChI=1S/C13H18N4O/c1-9-6-5-7-12(18)17(9)8-11-10(2)15-16(4)13(11)14-3/h5-7,14H,8H2,1-4H3. The van der Waals surface area contributed by atoms with Gasteiger partial charge in [-0.25, -0.2) is 0 Å². The number of aryl methyl sites for hydroxylation is 3. The van der Waals surface area contributed by atoms with E-state index in [0.717, 1.165) is 22.8 Å². The smallest absolute Gasteiger partial charge is 0.251 e. The van der Waals surface area contributed by atoms with E-state index in [0.29, 0.717) is 6.54 Å². The molecule has 5 heteroatoms.